The zero-order valence-electron chi connectivity index (χ0n) is 19.8. The van der Waals surface area contributed by atoms with Gasteiger partial charge in [0.2, 0.25) is 0 Å². The number of nitrogens with one attached hydrogen (secondary N) is 1. The van der Waals surface area contributed by atoms with Gasteiger partial charge in [-0.25, -0.2) is 23.2 Å². The molecule has 0 aliphatic rings. The largest absolute Gasteiger partial charge is 0.519 e. The Morgan fingerprint density at radius 1 is 0.750 bits per heavy atom. The van der Waals surface area contributed by atoms with Crippen LogP contribution in [0.2, 0.25) is 0 Å². The molecule has 0 saturated heterocycles. The Morgan fingerprint density at radius 3 is 1.50 bits per heavy atom. The number of carbonyl (C=O) groups excluding carboxylic acids is 3. The van der Waals surface area contributed by atoms with E-state index in [4.69, 9.17) is 19.9 Å². The molecular weight excluding hydrogens is 430 g/mol. The van der Waals surface area contributed by atoms with E-state index in [0.717, 1.165) is 12.1 Å². The molecule has 1 amide bonds. The average molecular weight is 462 g/mol. The average Bonchev–Trinajstić information content (AvgIpc) is 2.47. The van der Waals surface area contributed by atoms with Crippen LogP contribution in [0.3, 0.4) is 0 Å². The first-order chi connectivity index (χ1) is 14.2. The van der Waals surface area contributed by atoms with Gasteiger partial charge in [0.05, 0.1) is 11.4 Å². The number of hydrogen-bond acceptors (Lipinski definition) is 8. The fourth-order valence-electron chi connectivity index (χ4n) is 1.69. The topological polar surface area (TPSA) is 126 Å². The van der Waals surface area contributed by atoms with Crippen molar-refractivity contribution in [3.63, 3.8) is 0 Å². The summed E-state index contributed by atoms with van der Waals surface area (Å²) in [5, 5.41) is 2.24. The molecule has 1 rings (SSSR count). The lowest BCUT2D eigenvalue weighted by atomic mass is 10.2. The van der Waals surface area contributed by atoms with Gasteiger partial charge in [-0.1, -0.05) is 0 Å². The fraction of sp³-hybridized carbons (Fsp3) is 0.571. The third kappa shape index (κ3) is 14.0. The van der Waals surface area contributed by atoms with Crippen LogP contribution in [0.25, 0.3) is 0 Å². The molecule has 0 aromatic heterocycles. The van der Waals surface area contributed by atoms with Gasteiger partial charge in [0.15, 0.2) is 11.6 Å². The number of halogens is 2. The van der Waals surface area contributed by atoms with Crippen molar-refractivity contribution >= 4 is 29.8 Å². The number of ether oxygens (including phenoxy) is 4. The number of rotatable bonds is 1. The van der Waals surface area contributed by atoms with E-state index in [1.807, 2.05) is 0 Å². The van der Waals surface area contributed by atoms with Gasteiger partial charge >= 0.3 is 18.4 Å². The summed E-state index contributed by atoms with van der Waals surface area (Å²) in [6.07, 6.45) is -2.90. The lowest BCUT2D eigenvalue weighted by Gasteiger charge is -2.20. The molecular formula is C21H32F2N2O7. The predicted octanol–water partition coefficient (Wildman–Crippen LogP) is 5.77. The van der Waals surface area contributed by atoms with E-state index in [2.05, 4.69) is 10.1 Å². The van der Waals surface area contributed by atoms with Gasteiger partial charge in [0.1, 0.15) is 16.8 Å². The first-order valence-corrected chi connectivity index (χ1v) is 9.57. The van der Waals surface area contributed by atoms with Crippen LogP contribution in [0.5, 0.6) is 0 Å². The smallest absolute Gasteiger partial charge is 0.444 e. The summed E-state index contributed by atoms with van der Waals surface area (Å²) in [7, 11) is 0. The third-order valence-electron chi connectivity index (χ3n) is 2.67. The number of nitrogen functional groups attached to an aromatic ring is 1. The molecule has 3 N–H and O–H groups in total. The molecule has 0 atom stereocenters. The molecule has 0 fully saturated rings. The normalized spacial score (nSPS) is 11.5. The fourth-order valence-corrected chi connectivity index (χ4v) is 1.69. The number of hydrogen-bond donors (Lipinski definition) is 2. The molecule has 0 radical (unpaired) electrons. The van der Waals surface area contributed by atoms with Gasteiger partial charge in [0.25, 0.3) is 0 Å². The molecule has 11 heteroatoms. The van der Waals surface area contributed by atoms with Crippen molar-refractivity contribution in [2.45, 2.75) is 79.1 Å². The highest BCUT2D eigenvalue weighted by Crippen LogP contribution is 2.22. The van der Waals surface area contributed by atoms with Crippen LogP contribution in [0.1, 0.15) is 62.3 Å². The van der Waals surface area contributed by atoms with Crippen LogP contribution in [-0.2, 0) is 18.9 Å². The number of anilines is 2. The van der Waals surface area contributed by atoms with Gasteiger partial charge in [-0.2, -0.15) is 0 Å². The highest BCUT2D eigenvalue weighted by molar-refractivity contribution is 5.89. The van der Waals surface area contributed by atoms with Crippen molar-refractivity contribution in [3.05, 3.63) is 23.8 Å². The summed E-state index contributed by atoms with van der Waals surface area (Å²) >= 11 is 0. The van der Waals surface area contributed by atoms with Gasteiger partial charge in [-0.15, -0.1) is 0 Å². The molecule has 1 aromatic carbocycles. The lowest BCUT2D eigenvalue weighted by molar-refractivity contribution is -0.0294. The molecule has 32 heavy (non-hydrogen) atoms. The van der Waals surface area contributed by atoms with Gasteiger partial charge in [0, 0.05) is 12.1 Å². The van der Waals surface area contributed by atoms with Crippen LogP contribution in [0, 0.1) is 11.6 Å². The molecule has 0 saturated carbocycles. The lowest BCUT2D eigenvalue weighted by Crippen LogP contribution is -2.29. The molecule has 1 aromatic rings. The summed E-state index contributed by atoms with van der Waals surface area (Å²) in [5.41, 5.74) is 3.25. The van der Waals surface area contributed by atoms with E-state index < -0.39 is 46.8 Å². The molecule has 0 aliphatic heterocycles. The molecule has 0 spiro atoms. The maximum absolute atomic E-state index is 12.9. The van der Waals surface area contributed by atoms with Crippen molar-refractivity contribution in [1.82, 2.24) is 0 Å². The number of benzene rings is 1. The zero-order valence-corrected chi connectivity index (χ0v) is 19.8. The van der Waals surface area contributed by atoms with E-state index in [9.17, 15) is 23.2 Å². The first-order valence-electron chi connectivity index (χ1n) is 9.57. The predicted molar refractivity (Wildman–Crippen MR) is 114 cm³/mol. The van der Waals surface area contributed by atoms with E-state index >= 15 is 0 Å². The van der Waals surface area contributed by atoms with Crippen LogP contribution in [0.4, 0.5) is 34.5 Å². The van der Waals surface area contributed by atoms with Gasteiger partial charge < -0.3 is 24.7 Å². The molecule has 9 nitrogen and oxygen atoms in total. The SMILES string of the molecule is CC(C)(C)OC(=O)Nc1cc(F)c(F)cc1N.CC(C)(C)OC(=O)OC(=O)OC(C)(C)C. The van der Waals surface area contributed by atoms with Crippen molar-refractivity contribution in [1.29, 1.82) is 0 Å². The Morgan fingerprint density at radius 2 is 1.12 bits per heavy atom. The number of amides is 1. The van der Waals surface area contributed by atoms with Gasteiger partial charge in [-0.05, 0) is 62.3 Å². The maximum Gasteiger partial charge on any atom is 0.519 e. The van der Waals surface area contributed by atoms with Crippen molar-refractivity contribution in [2.75, 3.05) is 11.1 Å². The highest BCUT2D eigenvalue weighted by Gasteiger charge is 2.24. The molecule has 0 bridgehead atoms. The Bertz CT molecular complexity index is 797. The van der Waals surface area contributed by atoms with Gasteiger partial charge in [-0.3, -0.25) is 5.32 Å². The Labute approximate surface area is 186 Å². The molecule has 0 unspecified atom stereocenters. The van der Waals surface area contributed by atoms with E-state index in [0.29, 0.717) is 0 Å². The Kier molecular flexibility index (Phi) is 9.90. The number of carbonyl (C=O) groups is 3. The van der Waals surface area contributed by atoms with Crippen LogP contribution in [0.15, 0.2) is 12.1 Å². The second kappa shape index (κ2) is 11.0. The van der Waals surface area contributed by atoms with E-state index in [1.54, 1.807) is 62.3 Å². The van der Waals surface area contributed by atoms with Crippen molar-refractivity contribution in [3.8, 4) is 0 Å². The second-order valence-corrected chi connectivity index (χ2v) is 9.51. The molecule has 182 valence electrons. The summed E-state index contributed by atoms with van der Waals surface area (Å²) in [6, 6.07) is 1.59. The quantitative estimate of drug-likeness (QED) is 0.233. The molecule has 0 aliphatic carbocycles. The van der Waals surface area contributed by atoms with Crippen LogP contribution >= 0.6 is 0 Å². The number of nitrogens with two attached hydrogens (primary N) is 1. The van der Waals surface area contributed by atoms with Crippen molar-refractivity contribution in [2.24, 2.45) is 0 Å². The van der Waals surface area contributed by atoms with Crippen LogP contribution in [-0.4, -0.2) is 35.2 Å². The minimum absolute atomic E-state index is 0.0295. The standard InChI is InChI=1S/C11H14F2N2O2.C10H18O5/c1-11(2,3)17-10(16)15-9-5-7(13)6(12)4-8(9)14;1-9(2,3)14-7(11)13-8(12)15-10(4,5)6/h4-5H,14H2,1-3H3,(H,15,16);1-6H3. The van der Waals surface area contributed by atoms with Crippen molar-refractivity contribution < 1.29 is 42.1 Å². The minimum Gasteiger partial charge on any atom is -0.444 e. The molecule has 0 heterocycles. The summed E-state index contributed by atoms with van der Waals surface area (Å²) < 4.78 is 44.4. The van der Waals surface area contributed by atoms with E-state index in [-0.39, 0.29) is 11.4 Å². The van der Waals surface area contributed by atoms with Crippen LogP contribution < -0.4 is 11.1 Å². The maximum atomic E-state index is 12.9. The minimum atomic E-state index is -1.09. The third-order valence-corrected chi connectivity index (χ3v) is 2.67. The summed E-state index contributed by atoms with van der Waals surface area (Å²) in [6.45, 7) is 15.1. The zero-order chi connectivity index (χ0) is 25.5. The first kappa shape index (κ1) is 28.9. The van der Waals surface area contributed by atoms with E-state index in [1.165, 1.54) is 0 Å². The highest BCUT2D eigenvalue weighted by atomic mass is 19.2. The Balaban J connectivity index is 0.000000607. The summed E-state index contributed by atoms with van der Waals surface area (Å²) in [4.78, 5) is 33.4. The Hall–Kier alpha value is -3.11. The summed E-state index contributed by atoms with van der Waals surface area (Å²) in [5.74, 6) is -2.16. The monoisotopic (exact) mass is 462 g/mol. The second-order valence-electron chi connectivity index (χ2n) is 9.51.